The maximum absolute atomic E-state index is 12.7. The lowest BCUT2D eigenvalue weighted by molar-refractivity contribution is -0.120. The van der Waals surface area contributed by atoms with Gasteiger partial charge < -0.3 is 10.1 Å². The number of rotatable bonds is 7. The van der Waals surface area contributed by atoms with Crippen LogP contribution in [-0.4, -0.2) is 40.6 Å². The smallest absolute Gasteiger partial charge is 0.264 e. The summed E-state index contributed by atoms with van der Waals surface area (Å²) >= 11 is 5.83. The number of carbonyl (C=O) groups is 1. The zero-order valence-electron chi connectivity index (χ0n) is 15.6. The predicted molar refractivity (Wildman–Crippen MR) is 109 cm³/mol. The van der Waals surface area contributed by atoms with E-state index in [-0.39, 0.29) is 23.3 Å². The number of carbonyl (C=O) groups excluding carboxylic acids is 1. The molecule has 1 aliphatic rings. The summed E-state index contributed by atoms with van der Waals surface area (Å²) in [6.07, 6.45) is 2.36. The van der Waals surface area contributed by atoms with E-state index in [1.54, 1.807) is 36.4 Å². The summed E-state index contributed by atoms with van der Waals surface area (Å²) in [6, 6.07) is 12.9. The van der Waals surface area contributed by atoms with E-state index in [4.69, 9.17) is 16.3 Å². The summed E-state index contributed by atoms with van der Waals surface area (Å²) in [4.78, 5) is 12.2. The van der Waals surface area contributed by atoms with Gasteiger partial charge in [0.25, 0.3) is 10.0 Å². The zero-order chi connectivity index (χ0) is 20.1. The Bertz CT molecular complexity index is 908. The van der Waals surface area contributed by atoms with Crippen molar-refractivity contribution in [3.63, 3.8) is 0 Å². The average Bonchev–Trinajstić information content (AvgIpc) is 3.20. The van der Waals surface area contributed by atoms with Crippen molar-refractivity contribution in [2.24, 2.45) is 0 Å². The largest absolute Gasteiger partial charge is 0.376 e. The molecule has 0 spiro atoms. The minimum Gasteiger partial charge on any atom is -0.376 e. The quantitative estimate of drug-likeness (QED) is 0.744. The molecule has 8 heteroatoms. The average molecular weight is 423 g/mol. The number of hydrogen-bond donors (Lipinski definition) is 1. The van der Waals surface area contributed by atoms with E-state index in [0.717, 1.165) is 25.0 Å². The Labute approximate surface area is 170 Å². The van der Waals surface area contributed by atoms with E-state index < -0.39 is 10.0 Å². The first-order chi connectivity index (χ1) is 13.4. The van der Waals surface area contributed by atoms with Crippen LogP contribution in [0.3, 0.4) is 0 Å². The zero-order valence-corrected chi connectivity index (χ0v) is 17.2. The maximum Gasteiger partial charge on any atom is 0.264 e. The third-order valence-corrected chi connectivity index (χ3v) is 6.74. The molecule has 28 heavy (non-hydrogen) atoms. The Morgan fingerprint density at radius 1 is 1.18 bits per heavy atom. The highest BCUT2D eigenvalue weighted by atomic mass is 35.5. The van der Waals surface area contributed by atoms with Crippen molar-refractivity contribution in [2.45, 2.75) is 30.3 Å². The second-order valence-electron chi connectivity index (χ2n) is 6.71. The summed E-state index contributed by atoms with van der Waals surface area (Å²) in [7, 11) is -2.19. The number of nitrogens with one attached hydrogen (secondary N) is 1. The van der Waals surface area contributed by atoms with Gasteiger partial charge >= 0.3 is 0 Å². The van der Waals surface area contributed by atoms with Gasteiger partial charge in [0.05, 0.1) is 23.1 Å². The van der Waals surface area contributed by atoms with Crippen molar-refractivity contribution in [3.05, 3.63) is 59.1 Å². The van der Waals surface area contributed by atoms with Gasteiger partial charge in [-0.15, -0.1) is 0 Å². The molecule has 1 N–H and O–H groups in total. The summed E-state index contributed by atoms with van der Waals surface area (Å²) in [5, 5.41) is 3.36. The molecule has 1 amide bonds. The van der Waals surface area contributed by atoms with Crippen LogP contribution in [0.4, 0.5) is 5.69 Å². The van der Waals surface area contributed by atoms with Crippen LogP contribution >= 0.6 is 11.6 Å². The predicted octanol–water partition coefficient (Wildman–Crippen LogP) is 3.00. The normalized spacial score (nSPS) is 16.7. The molecule has 1 heterocycles. The molecule has 1 fully saturated rings. The van der Waals surface area contributed by atoms with Gasteiger partial charge in [-0.2, -0.15) is 0 Å². The van der Waals surface area contributed by atoms with Gasteiger partial charge in [-0.25, -0.2) is 8.42 Å². The molecule has 0 bridgehead atoms. The van der Waals surface area contributed by atoms with Crippen molar-refractivity contribution >= 4 is 33.2 Å². The Morgan fingerprint density at radius 2 is 1.86 bits per heavy atom. The number of sulfonamides is 1. The number of hydrogen-bond acceptors (Lipinski definition) is 4. The summed E-state index contributed by atoms with van der Waals surface area (Å²) < 4.78 is 32.1. The highest BCUT2D eigenvalue weighted by molar-refractivity contribution is 7.92. The molecule has 0 aliphatic carbocycles. The van der Waals surface area contributed by atoms with Crippen LogP contribution in [0, 0.1) is 0 Å². The lowest BCUT2D eigenvalue weighted by Crippen LogP contribution is -2.32. The number of nitrogens with zero attached hydrogens (tertiary/aromatic N) is 1. The Morgan fingerprint density at radius 3 is 2.46 bits per heavy atom. The fourth-order valence-electron chi connectivity index (χ4n) is 3.01. The molecule has 2 aromatic rings. The first kappa shape index (κ1) is 20.6. The molecule has 6 nitrogen and oxygen atoms in total. The number of anilines is 1. The van der Waals surface area contributed by atoms with Crippen LogP contribution in [0.1, 0.15) is 18.4 Å². The number of benzene rings is 2. The standard InChI is InChI=1S/C20H23ClN2O4S/c1-23(28(25,26)19-10-6-16(21)7-11-19)17-8-4-15(5-9-17)13-20(24)22-14-18-3-2-12-27-18/h4-11,18H,2-3,12-14H2,1H3,(H,22,24)/t18-/m0/s1. The van der Waals surface area contributed by atoms with Gasteiger partial charge in [0.2, 0.25) is 5.91 Å². The fraction of sp³-hybridized carbons (Fsp3) is 0.350. The van der Waals surface area contributed by atoms with Gasteiger partial charge in [-0.1, -0.05) is 23.7 Å². The van der Waals surface area contributed by atoms with Crippen LogP contribution in [0.5, 0.6) is 0 Å². The minimum absolute atomic E-state index is 0.0783. The summed E-state index contributed by atoms with van der Waals surface area (Å²) in [5.74, 6) is -0.0783. The SMILES string of the molecule is CN(c1ccc(CC(=O)NC[C@@H]2CCCO2)cc1)S(=O)(=O)c1ccc(Cl)cc1. The third kappa shape index (κ3) is 5.04. The number of amides is 1. The Balaban J connectivity index is 1.61. The molecular formula is C20H23ClN2O4S. The van der Waals surface area contributed by atoms with Crippen molar-refractivity contribution in [1.82, 2.24) is 5.32 Å². The molecule has 0 unspecified atom stereocenters. The van der Waals surface area contributed by atoms with Gasteiger partial charge in [-0.3, -0.25) is 9.10 Å². The van der Waals surface area contributed by atoms with Crippen molar-refractivity contribution in [2.75, 3.05) is 24.5 Å². The van der Waals surface area contributed by atoms with Crippen LogP contribution in [-0.2, 0) is 26.0 Å². The lowest BCUT2D eigenvalue weighted by atomic mass is 10.1. The molecule has 0 radical (unpaired) electrons. The molecule has 0 aromatic heterocycles. The second-order valence-corrected chi connectivity index (χ2v) is 9.11. The van der Waals surface area contributed by atoms with Crippen LogP contribution in [0.2, 0.25) is 5.02 Å². The van der Waals surface area contributed by atoms with Crippen LogP contribution < -0.4 is 9.62 Å². The molecular weight excluding hydrogens is 400 g/mol. The van der Waals surface area contributed by atoms with Gasteiger partial charge in [-0.05, 0) is 54.8 Å². The van der Waals surface area contributed by atoms with Crippen molar-refractivity contribution in [1.29, 1.82) is 0 Å². The Kier molecular flexibility index (Phi) is 6.59. The summed E-state index contributed by atoms with van der Waals surface area (Å²) in [5.41, 5.74) is 1.32. The Hall–Kier alpha value is -2.09. The molecule has 1 saturated heterocycles. The number of halogens is 1. The van der Waals surface area contributed by atoms with Gasteiger partial charge in [0.1, 0.15) is 0 Å². The third-order valence-electron chi connectivity index (χ3n) is 4.69. The van der Waals surface area contributed by atoms with E-state index in [9.17, 15) is 13.2 Å². The second kappa shape index (κ2) is 8.94. The summed E-state index contributed by atoms with van der Waals surface area (Å²) in [6.45, 7) is 1.29. The fourth-order valence-corrected chi connectivity index (χ4v) is 4.33. The number of ether oxygens (including phenoxy) is 1. The monoisotopic (exact) mass is 422 g/mol. The van der Waals surface area contributed by atoms with E-state index in [0.29, 0.717) is 17.3 Å². The minimum atomic E-state index is -3.68. The van der Waals surface area contributed by atoms with E-state index in [1.165, 1.54) is 23.5 Å². The molecule has 150 valence electrons. The molecule has 3 rings (SSSR count). The van der Waals surface area contributed by atoms with Crippen molar-refractivity contribution < 1.29 is 17.9 Å². The first-order valence-electron chi connectivity index (χ1n) is 9.08. The van der Waals surface area contributed by atoms with E-state index >= 15 is 0 Å². The van der Waals surface area contributed by atoms with E-state index in [2.05, 4.69) is 5.32 Å². The molecule has 0 saturated carbocycles. The van der Waals surface area contributed by atoms with Gasteiger partial charge in [0.15, 0.2) is 0 Å². The molecule has 1 aliphatic heterocycles. The van der Waals surface area contributed by atoms with Crippen LogP contribution in [0.15, 0.2) is 53.4 Å². The highest BCUT2D eigenvalue weighted by Gasteiger charge is 2.21. The lowest BCUT2D eigenvalue weighted by Gasteiger charge is -2.20. The molecule has 1 atom stereocenters. The molecule has 2 aromatic carbocycles. The van der Waals surface area contributed by atoms with Crippen molar-refractivity contribution in [3.8, 4) is 0 Å². The first-order valence-corrected chi connectivity index (χ1v) is 10.9. The highest BCUT2D eigenvalue weighted by Crippen LogP contribution is 2.23. The topological polar surface area (TPSA) is 75.7 Å². The maximum atomic E-state index is 12.7. The van der Waals surface area contributed by atoms with Gasteiger partial charge in [0, 0.05) is 25.2 Å². The van der Waals surface area contributed by atoms with Crippen LogP contribution in [0.25, 0.3) is 0 Å². The van der Waals surface area contributed by atoms with E-state index in [1.807, 2.05) is 0 Å².